The monoisotopic (exact) mass is 614 g/mol. The molecule has 5 rings (SSSR count). The second-order valence-electron chi connectivity index (χ2n) is 10.6. The summed E-state index contributed by atoms with van der Waals surface area (Å²) in [6, 6.07) is 10.3. The average molecular weight is 616 g/mol. The number of H-pyrrole nitrogens is 1. The van der Waals surface area contributed by atoms with E-state index in [1.165, 1.54) is 13.1 Å². The van der Waals surface area contributed by atoms with Crippen molar-refractivity contribution < 1.29 is 23.9 Å². The fourth-order valence-corrected chi connectivity index (χ4v) is 5.48. The number of nitrogens with zero attached hydrogens (tertiary/aromatic N) is 1. The van der Waals surface area contributed by atoms with Crippen LogP contribution in [0.5, 0.6) is 5.75 Å². The fraction of sp³-hybridized carbons (Fsp3) is 0.400. The van der Waals surface area contributed by atoms with Crippen molar-refractivity contribution in [2.24, 2.45) is 0 Å². The summed E-state index contributed by atoms with van der Waals surface area (Å²) in [7, 11) is 0. The van der Waals surface area contributed by atoms with Gasteiger partial charge in [0, 0.05) is 49.6 Å². The predicted molar refractivity (Wildman–Crippen MR) is 159 cm³/mol. The third kappa shape index (κ3) is 7.24. The molecule has 0 bridgehead atoms. The van der Waals surface area contributed by atoms with E-state index in [-0.39, 0.29) is 51.7 Å². The van der Waals surface area contributed by atoms with E-state index in [0.29, 0.717) is 54.6 Å². The summed E-state index contributed by atoms with van der Waals surface area (Å²) in [4.78, 5) is 54.5. The van der Waals surface area contributed by atoms with Gasteiger partial charge in [0.25, 0.3) is 17.4 Å². The van der Waals surface area contributed by atoms with Crippen LogP contribution < -0.4 is 20.9 Å². The number of carbonyl (C=O) groups is 3. The number of benzene rings is 2. The number of rotatable bonds is 10. The van der Waals surface area contributed by atoms with Gasteiger partial charge in [-0.3, -0.25) is 24.1 Å². The van der Waals surface area contributed by atoms with Crippen LogP contribution in [0.15, 0.2) is 47.4 Å². The average Bonchev–Trinajstić information content (AvgIpc) is 3.78. The molecule has 42 heavy (non-hydrogen) atoms. The van der Waals surface area contributed by atoms with E-state index < -0.39 is 12.1 Å². The Morgan fingerprint density at radius 2 is 1.74 bits per heavy atom. The van der Waals surface area contributed by atoms with Crippen molar-refractivity contribution in [1.29, 1.82) is 0 Å². The molecule has 1 aromatic heterocycles. The van der Waals surface area contributed by atoms with Gasteiger partial charge in [-0.2, -0.15) is 0 Å². The largest absolute Gasteiger partial charge is 0.489 e. The summed E-state index contributed by atoms with van der Waals surface area (Å²) in [5.74, 6) is -0.719. The minimum Gasteiger partial charge on any atom is -0.489 e. The van der Waals surface area contributed by atoms with E-state index in [0.717, 1.165) is 12.8 Å². The summed E-state index contributed by atoms with van der Waals surface area (Å²) in [5.41, 5.74) is 0.306. The minimum atomic E-state index is -0.578. The van der Waals surface area contributed by atoms with E-state index >= 15 is 0 Å². The smallest absolute Gasteiger partial charge is 0.303 e. The van der Waals surface area contributed by atoms with Crippen LogP contribution in [0.1, 0.15) is 53.3 Å². The first-order valence-corrected chi connectivity index (χ1v) is 14.7. The van der Waals surface area contributed by atoms with Gasteiger partial charge in [0.2, 0.25) is 0 Å². The highest BCUT2D eigenvalue weighted by Gasteiger charge is 2.30. The normalized spacial score (nSPS) is 16.5. The number of amides is 2. The van der Waals surface area contributed by atoms with Gasteiger partial charge in [0.15, 0.2) is 0 Å². The molecule has 10 nitrogen and oxygen atoms in total. The van der Waals surface area contributed by atoms with Crippen molar-refractivity contribution in [3.05, 3.63) is 74.1 Å². The maximum absolute atomic E-state index is 13.0. The number of hydrogen-bond acceptors (Lipinski definition) is 7. The number of halogens is 2. The van der Waals surface area contributed by atoms with E-state index in [4.69, 9.17) is 32.7 Å². The van der Waals surface area contributed by atoms with E-state index in [1.54, 1.807) is 36.4 Å². The lowest BCUT2D eigenvalue weighted by atomic mass is 10.1. The molecule has 1 saturated carbocycles. The lowest BCUT2D eigenvalue weighted by Gasteiger charge is -2.34. The van der Waals surface area contributed by atoms with Crippen molar-refractivity contribution >= 4 is 51.8 Å². The number of hydrogen-bond donors (Lipinski definition) is 3. The van der Waals surface area contributed by atoms with Gasteiger partial charge in [-0.05, 0) is 43.9 Å². The molecule has 222 valence electrons. The van der Waals surface area contributed by atoms with Gasteiger partial charge in [-0.25, -0.2) is 0 Å². The van der Waals surface area contributed by atoms with Gasteiger partial charge >= 0.3 is 5.97 Å². The summed E-state index contributed by atoms with van der Waals surface area (Å²) in [6.45, 7) is 3.17. The number of aromatic amines is 1. The SMILES string of the molecule is CC(=O)O[C@H](CNC(=O)c1c[nH]c(=O)c2ccccc12)CN1CCC(Oc2ccc(Cl)c(Cl)c2C(=O)NC2CC2)CC1. The molecule has 0 unspecified atom stereocenters. The number of pyridine rings is 1. The van der Waals surface area contributed by atoms with E-state index in [1.807, 2.05) is 0 Å². The Balaban J connectivity index is 1.18. The Kier molecular flexibility index (Phi) is 9.35. The van der Waals surface area contributed by atoms with Crippen LogP contribution in [0.4, 0.5) is 0 Å². The number of nitrogens with one attached hydrogen (secondary N) is 3. The molecule has 0 spiro atoms. The Hall–Kier alpha value is -3.60. The van der Waals surface area contributed by atoms with Gasteiger partial charge in [-0.1, -0.05) is 41.4 Å². The highest BCUT2D eigenvalue weighted by Crippen LogP contribution is 2.35. The van der Waals surface area contributed by atoms with Crippen molar-refractivity contribution in [2.45, 2.75) is 50.9 Å². The topological polar surface area (TPSA) is 130 Å². The molecule has 3 aromatic rings. The summed E-state index contributed by atoms with van der Waals surface area (Å²) in [6.07, 6.45) is 3.90. The van der Waals surface area contributed by atoms with Crippen LogP contribution in [0.2, 0.25) is 10.0 Å². The number of esters is 1. The molecule has 1 aliphatic heterocycles. The predicted octanol–water partition coefficient (Wildman–Crippen LogP) is 3.93. The molecule has 2 heterocycles. The third-order valence-electron chi connectivity index (χ3n) is 7.36. The Morgan fingerprint density at radius 1 is 1.02 bits per heavy atom. The zero-order chi connectivity index (χ0) is 29.8. The highest BCUT2D eigenvalue weighted by molar-refractivity contribution is 6.44. The molecule has 2 aliphatic rings. The minimum absolute atomic E-state index is 0.102. The zero-order valence-electron chi connectivity index (χ0n) is 23.1. The Bertz CT molecular complexity index is 1550. The van der Waals surface area contributed by atoms with Crippen LogP contribution in [0.25, 0.3) is 10.8 Å². The number of aromatic nitrogens is 1. The number of carbonyl (C=O) groups excluding carboxylic acids is 3. The summed E-state index contributed by atoms with van der Waals surface area (Å²) >= 11 is 12.6. The molecule has 2 amide bonds. The maximum Gasteiger partial charge on any atom is 0.303 e. The number of piperidine rings is 1. The molecule has 1 atom stereocenters. The molecular weight excluding hydrogens is 583 g/mol. The number of ether oxygens (including phenoxy) is 2. The summed E-state index contributed by atoms with van der Waals surface area (Å²) < 4.78 is 11.8. The Labute approximate surface area is 252 Å². The molecule has 1 saturated heterocycles. The standard InChI is InChI=1S/C30H32Cl2N4O6/c1-17(37)41-20(14-33-29(39)23-15-34-28(38)22-5-3-2-4-21(22)23)16-36-12-10-19(11-13-36)42-25-9-8-24(31)27(32)26(25)30(40)35-18-6-7-18/h2-5,8-9,15,18-20H,6-7,10-14,16H2,1H3,(H,33,39)(H,34,38)(H,35,40)/t20-/m1/s1. The van der Waals surface area contributed by atoms with Gasteiger partial charge in [0.05, 0.1) is 22.2 Å². The summed E-state index contributed by atoms with van der Waals surface area (Å²) in [5, 5.41) is 7.21. The van der Waals surface area contributed by atoms with Crippen LogP contribution >= 0.6 is 23.2 Å². The fourth-order valence-electron chi connectivity index (χ4n) is 5.08. The maximum atomic E-state index is 13.0. The van der Waals surface area contributed by atoms with Crippen molar-refractivity contribution in [1.82, 2.24) is 20.5 Å². The second kappa shape index (κ2) is 13.1. The zero-order valence-corrected chi connectivity index (χ0v) is 24.6. The Morgan fingerprint density at radius 3 is 2.43 bits per heavy atom. The van der Waals surface area contributed by atoms with Crippen molar-refractivity contribution in [3.63, 3.8) is 0 Å². The van der Waals surface area contributed by atoms with E-state index in [2.05, 4.69) is 20.5 Å². The molecular formula is C30H32Cl2N4O6. The first-order valence-electron chi connectivity index (χ1n) is 13.9. The molecule has 3 N–H and O–H groups in total. The molecule has 2 fully saturated rings. The molecule has 2 aromatic carbocycles. The first-order chi connectivity index (χ1) is 20.2. The second-order valence-corrected chi connectivity index (χ2v) is 11.4. The van der Waals surface area contributed by atoms with Crippen molar-refractivity contribution in [3.8, 4) is 5.75 Å². The van der Waals surface area contributed by atoms with Gasteiger partial charge < -0.3 is 25.1 Å². The molecule has 12 heteroatoms. The highest BCUT2D eigenvalue weighted by atomic mass is 35.5. The van der Waals surface area contributed by atoms with Gasteiger partial charge in [0.1, 0.15) is 23.5 Å². The van der Waals surface area contributed by atoms with Crippen LogP contribution in [-0.4, -0.2) is 72.1 Å². The first kappa shape index (κ1) is 29.9. The molecule has 1 aliphatic carbocycles. The van der Waals surface area contributed by atoms with E-state index in [9.17, 15) is 19.2 Å². The van der Waals surface area contributed by atoms with Crippen molar-refractivity contribution in [2.75, 3.05) is 26.2 Å². The molecule has 0 radical (unpaired) electrons. The lowest BCUT2D eigenvalue weighted by Crippen LogP contribution is -2.46. The van der Waals surface area contributed by atoms with Crippen LogP contribution in [-0.2, 0) is 9.53 Å². The quantitative estimate of drug-likeness (QED) is 0.295. The third-order valence-corrected chi connectivity index (χ3v) is 8.17. The van der Waals surface area contributed by atoms with Gasteiger partial charge in [-0.15, -0.1) is 0 Å². The number of likely N-dealkylation sites (tertiary alicyclic amines) is 1. The van der Waals surface area contributed by atoms with Crippen LogP contribution in [0.3, 0.4) is 0 Å². The number of fused-ring (bicyclic) bond motifs is 1. The van der Waals surface area contributed by atoms with Crippen LogP contribution in [0, 0.1) is 0 Å². The lowest BCUT2D eigenvalue weighted by molar-refractivity contribution is -0.147.